The summed E-state index contributed by atoms with van der Waals surface area (Å²) < 4.78 is 11.1. The van der Waals surface area contributed by atoms with E-state index in [-0.39, 0.29) is 12.2 Å². The minimum Gasteiger partial charge on any atom is -0.505 e. The van der Waals surface area contributed by atoms with Gasteiger partial charge in [0.2, 0.25) is 0 Å². The van der Waals surface area contributed by atoms with Crippen molar-refractivity contribution in [3.8, 4) is 11.5 Å². The number of aromatic nitrogens is 2. The molecule has 0 fully saturated rings. The van der Waals surface area contributed by atoms with Crippen LogP contribution in [-0.2, 0) is 11.3 Å². The van der Waals surface area contributed by atoms with E-state index in [9.17, 15) is 14.7 Å². The van der Waals surface area contributed by atoms with Crippen LogP contribution in [0.1, 0.15) is 28.5 Å². The van der Waals surface area contributed by atoms with Gasteiger partial charge in [-0.3, -0.25) is 4.79 Å². The molecule has 0 bridgehead atoms. The topological polar surface area (TPSA) is 90.7 Å². The summed E-state index contributed by atoms with van der Waals surface area (Å²) in [5, 5.41) is 14.4. The van der Waals surface area contributed by atoms with Crippen molar-refractivity contribution in [3.63, 3.8) is 0 Å². The average molecular weight is 353 g/mol. The quantitative estimate of drug-likeness (QED) is 0.829. The Morgan fingerprint density at radius 1 is 1.42 bits per heavy atom. The third kappa shape index (κ3) is 3.35. The number of nitrogens with zero attached hydrogens (tertiary/aromatic N) is 2. The largest absolute Gasteiger partial charge is 0.505 e. The maximum Gasteiger partial charge on any atom is 0.347 e. The Bertz CT molecular complexity index is 832. The van der Waals surface area contributed by atoms with Crippen LogP contribution in [0.15, 0.2) is 23.0 Å². The number of carbonyl (C=O) groups excluding carboxylic acids is 1. The van der Waals surface area contributed by atoms with Crippen LogP contribution in [0.4, 0.5) is 0 Å². The van der Waals surface area contributed by atoms with E-state index >= 15 is 0 Å². The Balaban J connectivity index is 2.58. The van der Waals surface area contributed by atoms with Gasteiger partial charge in [0, 0.05) is 10.6 Å². The van der Waals surface area contributed by atoms with Crippen molar-refractivity contribution in [2.75, 3.05) is 13.7 Å². The van der Waals surface area contributed by atoms with E-state index in [0.717, 1.165) is 11.8 Å². The first kappa shape index (κ1) is 17.8. The molecular weight excluding hydrogens is 336 g/mol. The van der Waals surface area contributed by atoms with Gasteiger partial charge in [-0.2, -0.15) is 5.10 Å². The zero-order chi connectivity index (χ0) is 17.9. The van der Waals surface area contributed by atoms with Crippen molar-refractivity contribution in [2.24, 2.45) is 0 Å². The fourth-order valence-corrected chi connectivity index (χ4v) is 2.44. The number of methoxy groups -OCH3 is 1. The molecule has 0 unspecified atom stereocenters. The van der Waals surface area contributed by atoms with Gasteiger partial charge in [0.25, 0.3) is 5.56 Å². The average Bonchev–Trinajstić information content (AvgIpc) is 2.55. The standard InChI is InChI=1S/C16H17ClN2O5/c1-4-24-12-7-5-6-11(17)10(12)8-19-15(21)13(16(22)23-3)14(20)9(2)18-19/h5-7,20H,4,8H2,1-3H3. The number of halogens is 1. The molecule has 1 aromatic carbocycles. The molecule has 0 spiro atoms. The lowest BCUT2D eigenvalue weighted by molar-refractivity contribution is 0.0593. The SMILES string of the molecule is CCOc1cccc(Cl)c1Cn1nc(C)c(O)c(C(=O)OC)c1=O. The molecule has 0 radical (unpaired) electrons. The van der Waals surface area contributed by atoms with Crippen molar-refractivity contribution >= 4 is 17.6 Å². The van der Waals surface area contributed by atoms with E-state index in [1.807, 2.05) is 6.92 Å². The number of hydrogen-bond donors (Lipinski definition) is 1. The number of aromatic hydroxyl groups is 1. The zero-order valence-corrected chi connectivity index (χ0v) is 14.3. The number of carbonyl (C=O) groups is 1. The van der Waals surface area contributed by atoms with E-state index in [1.54, 1.807) is 18.2 Å². The highest BCUT2D eigenvalue weighted by molar-refractivity contribution is 6.31. The summed E-state index contributed by atoms with van der Waals surface area (Å²) in [6.07, 6.45) is 0. The molecule has 2 rings (SSSR count). The fourth-order valence-electron chi connectivity index (χ4n) is 2.21. The Hall–Kier alpha value is -2.54. The molecule has 1 aromatic heterocycles. The van der Waals surface area contributed by atoms with Gasteiger partial charge in [-0.15, -0.1) is 0 Å². The minimum atomic E-state index is -0.930. The van der Waals surface area contributed by atoms with Crippen LogP contribution in [0.2, 0.25) is 5.02 Å². The van der Waals surface area contributed by atoms with Gasteiger partial charge >= 0.3 is 5.97 Å². The summed E-state index contributed by atoms with van der Waals surface area (Å²) in [4.78, 5) is 24.3. The first-order chi connectivity index (χ1) is 11.4. The molecule has 0 saturated heterocycles. The predicted octanol–water partition coefficient (Wildman–Crippen LogP) is 2.14. The molecule has 0 atom stereocenters. The highest BCUT2D eigenvalue weighted by Gasteiger charge is 2.23. The van der Waals surface area contributed by atoms with Crippen molar-refractivity contribution in [1.29, 1.82) is 0 Å². The van der Waals surface area contributed by atoms with Crippen LogP contribution in [-0.4, -0.2) is 34.6 Å². The summed E-state index contributed by atoms with van der Waals surface area (Å²) in [6.45, 7) is 3.72. The second-order valence-electron chi connectivity index (χ2n) is 4.91. The smallest absolute Gasteiger partial charge is 0.347 e. The Morgan fingerprint density at radius 3 is 2.75 bits per heavy atom. The summed E-state index contributed by atoms with van der Waals surface area (Å²) in [6, 6.07) is 5.12. The first-order valence-corrected chi connectivity index (χ1v) is 7.57. The number of esters is 1. The number of aryl methyl sites for hydroxylation is 1. The second kappa shape index (κ2) is 7.35. The Morgan fingerprint density at radius 2 is 2.12 bits per heavy atom. The van der Waals surface area contributed by atoms with Crippen LogP contribution in [0.5, 0.6) is 11.5 Å². The number of benzene rings is 1. The van der Waals surface area contributed by atoms with Gasteiger partial charge < -0.3 is 14.6 Å². The molecule has 0 amide bonds. The van der Waals surface area contributed by atoms with Gasteiger partial charge in [-0.05, 0) is 26.0 Å². The molecule has 8 heteroatoms. The van der Waals surface area contributed by atoms with Gasteiger partial charge in [0.1, 0.15) is 11.4 Å². The monoisotopic (exact) mass is 352 g/mol. The van der Waals surface area contributed by atoms with Crippen molar-refractivity contribution < 1.29 is 19.4 Å². The van der Waals surface area contributed by atoms with E-state index in [1.165, 1.54) is 6.92 Å². The number of ether oxygens (including phenoxy) is 2. The van der Waals surface area contributed by atoms with E-state index < -0.39 is 22.8 Å². The lowest BCUT2D eigenvalue weighted by atomic mass is 10.2. The lowest BCUT2D eigenvalue weighted by Gasteiger charge is -2.14. The molecule has 24 heavy (non-hydrogen) atoms. The minimum absolute atomic E-state index is 0.0149. The third-order valence-corrected chi connectivity index (χ3v) is 3.73. The maximum atomic E-state index is 12.5. The third-order valence-electron chi connectivity index (χ3n) is 3.37. The van der Waals surface area contributed by atoms with Crippen LogP contribution in [0.25, 0.3) is 0 Å². The molecular formula is C16H17ClN2O5. The molecule has 1 N–H and O–H groups in total. The zero-order valence-electron chi connectivity index (χ0n) is 13.5. The van der Waals surface area contributed by atoms with Gasteiger partial charge in [0.05, 0.1) is 20.3 Å². The van der Waals surface area contributed by atoms with Crippen LogP contribution in [0, 0.1) is 6.92 Å². The van der Waals surface area contributed by atoms with Gasteiger partial charge in [0.15, 0.2) is 11.3 Å². The van der Waals surface area contributed by atoms with E-state index in [0.29, 0.717) is 22.9 Å². The first-order valence-electron chi connectivity index (χ1n) is 7.19. The molecule has 0 aliphatic carbocycles. The molecule has 2 aromatic rings. The number of hydrogen-bond acceptors (Lipinski definition) is 6. The predicted molar refractivity (Wildman–Crippen MR) is 88.0 cm³/mol. The van der Waals surface area contributed by atoms with E-state index in [2.05, 4.69) is 9.84 Å². The summed E-state index contributed by atoms with van der Waals surface area (Å²) >= 11 is 6.20. The molecule has 7 nitrogen and oxygen atoms in total. The fraction of sp³-hybridized carbons (Fsp3) is 0.312. The Labute approximate surface area is 143 Å². The maximum absolute atomic E-state index is 12.5. The van der Waals surface area contributed by atoms with Gasteiger partial charge in [-0.1, -0.05) is 17.7 Å². The van der Waals surface area contributed by atoms with Gasteiger partial charge in [-0.25, -0.2) is 9.48 Å². The lowest BCUT2D eigenvalue weighted by Crippen LogP contribution is -2.30. The highest BCUT2D eigenvalue weighted by atomic mass is 35.5. The van der Waals surface area contributed by atoms with Crippen LogP contribution >= 0.6 is 11.6 Å². The highest BCUT2D eigenvalue weighted by Crippen LogP contribution is 2.27. The molecule has 128 valence electrons. The van der Waals surface area contributed by atoms with E-state index in [4.69, 9.17) is 16.3 Å². The van der Waals surface area contributed by atoms with Crippen molar-refractivity contribution in [2.45, 2.75) is 20.4 Å². The molecule has 0 saturated carbocycles. The molecule has 0 aliphatic heterocycles. The second-order valence-corrected chi connectivity index (χ2v) is 5.32. The summed E-state index contributed by atoms with van der Waals surface area (Å²) in [7, 11) is 1.13. The molecule has 1 heterocycles. The summed E-state index contributed by atoms with van der Waals surface area (Å²) in [5.41, 5.74) is -0.557. The number of rotatable bonds is 5. The van der Waals surface area contributed by atoms with Crippen molar-refractivity contribution in [3.05, 3.63) is 50.4 Å². The van der Waals surface area contributed by atoms with Crippen molar-refractivity contribution in [1.82, 2.24) is 9.78 Å². The summed E-state index contributed by atoms with van der Waals surface area (Å²) in [5.74, 6) is -0.905. The molecule has 0 aliphatic rings. The normalized spacial score (nSPS) is 10.5. The van der Waals surface area contributed by atoms with Crippen LogP contribution < -0.4 is 10.3 Å². The Kier molecular flexibility index (Phi) is 5.46. The van der Waals surface area contributed by atoms with Crippen LogP contribution in [0.3, 0.4) is 0 Å².